The third kappa shape index (κ3) is 7.18. The van der Waals surface area contributed by atoms with E-state index in [1.807, 2.05) is 0 Å². The number of hydrogen-bond acceptors (Lipinski definition) is 14. The number of rotatable bonds is 11. The summed E-state index contributed by atoms with van der Waals surface area (Å²) in [4.78, 5) is 20.2. The number of hydrogen-bond donors (Lipinski definition) is 7. The molecule has 3 aliphatic rings. The van der Waals surface area contributed by atoms with Crippen LogP contribution in [0.2, 0.25) is 0 Å². The maximum Gasteiger partial charge on any atom is 0.472 e. The van der Waals surface area contributed by atoms with E-state index >= 15 is 0 Å². The molecule has 3 rings (SSSR count). The molecule has 3 saturated heterocycles. The van der Waals surface area contributed by atoms with Crippen molar-refractivity contribution in [2.75, 3.05) is 19.8 Å². The summed E-state index contributed by atoms with van der Waals surface area (Å²) in [5.41, 5.74) is 0. The molecule has 0 amide bonds. The topological polar surface area (TPSA) is 240 Å². The van der Waals surface area contributed by atoms with Crippen molar-refractivity contribution < 1.29 is 76.8 Å². The van der Waals surface area contributed by atoms with Gasteiger partial charge >= 0.3 is 15.6 Å². The first-order valence-electron chi connectivity index (χ1n) is 11.3. The van der Waals surface area contributed by atoms with Gasteiger partial charge in [-0.3, -0.25) is 18.1 Å². The Morgan fingerprint density at radius 1 is 0.639 bits per heavy atom. The zero-order valence-corrected chi connectivity index (χ0v) is 21.5. The highest BCUT2D eigenvalue weighted by atomic mass is 31.2. The maximum atomic E-state index is 12.5. The molecule has 7 N–H and O–H groups in total. The molecule has 0 aliphatic carbocycles. The van der Waals surface area contributed by atoms with E-state index in [1.165, 1.54) is 23.5 Å². The van der Waals surface area contributed by atoms with E-state index in [1.54, 1.807) is 0 Å². The molecule has 36 heavy (non-hydrogen) atoms. The van der Waals surface area contributed by atoms with Gasteiger partial charge in [-0.2, -0.15) is 0 Å². The van der Waals surface area contributed by atoms with Gasteiger partial charge in [-0.1, -0.05) is 0 Å². The van der Waals surface area contributed by atoms with Gasteiger partial charge in [0.25, 0.3) is 0 Å². The number of aliphatic hydroxyl groups is 5. The highest BCUT2D eigenvalue weighted by Gasteiger charge is 2.49. The highest BCUT2D eigenvalue weighted by molar-refractivity contribution is 7.47. The van der Waals surface area contributed by atoms with Crippen LogP contribution in [0.15, 0.2) is 0 Å². The molecule has 0 aromatic carbocycles. The molecule has 21 heteroatoms. The lowest BCUT2D eigenvalue weighted by Gasteiger charge is -2.26. The Balaban J connectivity index is 1.57. The van der Waals surface area contributed by atoms with Gasteiger partial charge in [-0.25, -0.2) is 9.13 Å². The lowest BCUT2D eigenvalue weighted by Crippen LogP contribution is -2.38. The minimum Gasteiger partial charge on any atom is -0.394 e. The summed E-state index contributed by atoms with van der Waals surface area (Å²) in [6.07, 6.45) is -11.8. The Morgan fingerprint density at radius 3 is 1.47 bits per heavy atom. The zero-order valence-electron chi connectivity index (χ0n) is 19.7. The summed E-state index contributed by atoms with van der Waals surface area (Å²) in [7, 11) is -5.36. The van der Waals surface area contributed by atoms with Crippen LogP contribution in [0.1, 0.15) is 0 Å². The van der Waals surface area contributed by atoms with Crippen molar-refractivity contribution in [3.05, 3.63) is 0 Å². The number of ether oxygens (including phenoxy) is 3. The lowest BCUT2D eigenvalue weighted by atomic mass is 9.93. The van der Waals surface area contributed by atoms with Crippen LogP contribution in [-0.2, 0) is 41.4 Å². The number of phosphoric ester groups is 2. The molecule has 3 heterocycles. The average Bonchev–Trinajstić information content (AvgIpc) is 3.33. The minimum atomic E-state index is -4.89. The quantitative estimate of drug-likeness (QED) is 0.0916. The monoisotopic (exact) mass is 562 g/mol. The van der Waals surface area contributed by atoms with Gasteiger partial charge in [-0.15, -0.1) is 0 Å². The first-order chi connectivity index (χ1) is 16.7. The molecule has 14 atom stereocenters. The summed E-state index contributed by atoms with van der Waals surface area (Å²) >= 11 is 0. The Morgan fingerprint density at radius 2 is 1.03 bits per heavy atom. The molecule has 0 saturated carbocycles. The first kappa shape index (κ1) is 30.6. The van der Waals surface area contributed by atoms with Crippen molar-refractivity contribution in [1.82, 2.24) is 0 Å². The van der Waals surface area contributed by atoms with Crippen molar-refractivity contribution in [3.8, 4) is 0 Å². The fourth-order valence-corrected chi connectivity index (χ4v) is 6.09. The van der Waals surface area contributed by atoms with Gasteiger partial charge in [-0.05, 0) is 0 Å². The van der Waals surface area contributed by atoms with Gasteiger partial charge in [0.1, 0.15) is 78.5 Å². The maximum absolute atomic E-state index is 12.5. The molecule has 0 aromatic heterocycles. The van der Waals surface area contributed by atoms with Crippen molar-refractivity contribution in [1.29, 1.82) is 0 Å². The van der Waals surface area contributed by atoms with E-state index in [0.29, 0.717) is 0 Å². The predicted octanol–water partition coefficient (Wildman–Crippen LogP) is -6.50. The summed E-state index contributed by atoms with van der Waals surface area (Å²) in [5, 5.41) is 49.4. The van der Waals surface area contributed by atoms with Crippen LogP contribution < -0.4 is 0 Å². The number of aliphatic hydroxyl groups excluding tert-OH is 5. The van der Waals surface area contributed by atoms with Gasteiger partial charge in [0.05, 0.1) is 37.8 Å². The Labute approximate surface area is 209 Å². The van der Waals surface area contributed by atoms with Gasteiger partial charge in [0, 0.05) is 0 Å². The van der Waals surface area contributed by atoms with Crippen LogP contribution in [0.25, 0.3) is 0 Å². The van der Waals surface area contributed by atoms with Gasteiger partial charge in [0.2, 0.25) is 0 Å². The standard InChI is InChI=1S/C15H31B3O16P2/c16-13-8(21)7(20)5(31-13)2-28-35(24,25)34-12-6(32-15(18)10(12)23)3-29-36(26,27)33-11-4(1-19)30-14(17)9(11)22/h4-15,19-23H,1-3,16-18H2,(H,24,25)(H,26,27)/t4-,5-,6-,7?,8+,9+,10+,11?,12?,13-,14-,15-/m1/s1. The molecule has 0 aromatic rings. The van der Waals surface area contributed by atoms with E-state index in [0.717, 1.165) is 0 Å². The fourth-order valence-electron chi connectivity index (χ4n) is 4.16. The summed E-state index contributed by atoms with van der Waals surface area (Å²) in [6, 6.07) is -2.44. The molecular weight excluding hydrogens is 531 g/mol. The smallest absolute Gasteiger partial charge is 0.394 e. The van der Waals surface area contributed by atoms with Gasteiger partial charge < -0.3 is 49.5 Å². The molecule has 3 fully saturated rings. The SMILES string of the molecule is B[C@@H]1O[C@H](COP(=O)(O)OC2[C@@H](COP(=O)(O)OC3[C@@H](CO)O[C@@H](B)[C@H]3O)O[C@@H](B)[C@H]2O)C(O)[C@@H]1O. The molecule has 206 valence electrons. The minimum absolute atomic E-state index is 0.593. The first-order valence-corrected chi connectivity index (χ1v) is 14.3. The molecule has 5 unspecified atom stereocenters. The molecule has 0 spiro atoms. The van der Waals surface area contributed by atoms with Crippen molar-refractivity contribution in [2.24, 2.45) is 0 Å². The van der Waals surface area contributed by atoms with Crippen LogP contribution in [0.3, 0.4) is 0 Å². The molecule has 16 nitrogen and oxygen atoms in total. The molecule has 0 bridgehead atoms. The highest BCUT2D eigenvalue weighted by Crippen LogP contribution is 2.50. The molecular formula is C15H31B3O16P2. The Hall–Kier alpha value is 0.0948. The van der Waals surface area contributed by atoms with Crippen LogP contribution in [0, 0.1) is 0 Å². The van der Waals surface area contributed by atoms with E-state index < -0.39 is 108 Å². The summed E-state index contributed by atoms with van der Waals surface area (Å²) in [6.45, 7) is -1.95. The van der Waals surface area contributed by atoms with E-state index in [-0.39, 0.29) is 0 Å². The third-order valence-electron chi connectivity index (χ3n) is 6.24. The zero-order chi connectivity index (χ0) is 27.0. The second-order valence-corrected chi connectivity index (χ2v) is 11.8. The number of phosphoric acid groups is 2. The Bertz CT molecular complexity index is 843. The van der Waals surface area contributed by atoms with Crippen molar-refractivity contribution in [3.63, 3.8) is 0 Å². The third-order valence-corrected chi connectivity index (χ3v) is 8.21. The van der Waals surface area contributed by atoms with E-state index in [9.17, 15) is 44.4 Å². The van der Waals surface area contributed by atoms with Crippen molar-refractivity contribution in [2.45, 2.75) is 72.9 Å². The van der Waals surface area contributed by atoms with Crippen molar-refractivity contribution >= 4 is 39.2 Å². The van der Waals surface area contributed by atoms with E-state index in [2.05, 4.69) is 0 Å². The fraction of sp³-hybridized carbons (Fsp3) is 1.00. The second-order valence-electron chi connectivity index (χ2n) is 8.95. The largest absolute Gasteiger partial charge is 0.472 e. The molecule has 0 radical (unpaired) electrons. The van der Waals surface area contributed by atoms with Crippen LogP contribution >= 0.6 is 15.6 Å². The Kier molecular flexibility index (Phi) is 10.3. The lowest BCUT2D eigenvalue weighted by molar-refractivity contribution is -0.0398. The second kappa shape index (κ2) is 12.1. The van der Waals surface area contributed by atoms with Crippen LogP contribution in [-0.4, -0.2) is 152 Å². The van der Waals surface area contributed by atoms with Crippen LogP contribution in [0.4, 0.5) is 0 Å². The molecule has 3 aliphatic heterocycles. The van der Waals surface area contributed by atoms with E-state index in [4.69, 9.17) is 32.3 Å². The summed E-state index contributed by atoms with van der Waals surface area (Å²) in [5.74, 6) is 0. The van der Waals surface area contributed by atoms with Crippen LogP contribution in [0.5, 0.6) is 0 Å². The predicted molar refractivity (Wildman–Crippen MR) is 124 cm³/mol. The summed E-state index contributed by atoms with van der Waals surface area (Å²) < 4.78 is 60.6. The van der Waals surface area contributed by atoms with Gasteiger partial charge in [0.15, 0.2) is 0 Å². The normalized spacial score (nSPS) is 46.5. The average molecular weight is 562 g/mol.